The molecule has 2 aromatic carbocycles. The summed E-state index contributed by atoms with van der Waals surface area (Å²) >= 11 is 0. The molecule has 0 atom stereocenters. The predicted molar refractivity (Wildman–Crippen MR) is 70.8 cm³/mol. The maximum atomic E-state index is 11.1. The summed E-state index contributed by atoms with van der Waals surface area (Å²) in [6, 6.07) is 6.82. The summed E-state index contributed by atoms with van der Waals surface area (Å²) in [6.45, 7) is 1.34. The van der Waals surface area contributed by atoms with Gasteiger partial charge in [0, 0.05) is 24.1 Å². The number of benzene rings is 2. The van der Waals surface area contributed by atoms with Gasteiger partial charge in [-0.05, 0) is 29.7 Å². The molecule has 0 radical (unpaired) electrons. The molecule has 0 aromatic heterocycles. The minimum Gasteiger partial charge on any atom is -1.00 e. The molecular formula is C12H12NNaO5S. The van der Waals surface area contributed by atoms with Crippen molar-refractivity contribution in [2.24, 2.45) is 0 Å². The number of carbonyl (C=O) groups excluding carboxylic acids is 1. The Kier molecular flexibility index (Phi) is 5.17. The summed E-state index contributed by atoms with van der Waals surface area (Å²) in [5.41, 5.74) is 0.465. The number of hydrogen-bond acceptors (Lipinski definition) is 4. The van der Waals surface area contributed by atoms with Crippen LogP contribution in [0.15, 0.2) is 35.2 Å². The van der Waals surface area contributed by atoms with Gasteiger partial charge in [0.15, 0.2) is 0 Å². The van der Waals surface area contributed by atoms with E-state index in [9.17, 15) is 18.3 Å². The molecule has 2 aromatic rings. The van der Waals surface area contributed by atoms with E-state index < -0.39 is 15.0 Å². The van der Waals surface area contributed by atoms with Crippen molar-refractivity contribution in [3.63, 3.8) is 0 Å². The molecule has 0 bridgehead atoms. The largest absolute Gasteiger partial charge is 1.00 e. The molecule has 0 aliphatic rings. The number of phenols is 1. The number of anilines is 1. The van der Waals surface area contributed by atoms with Gasteiger partial charge in [0.25, 0.3) is 10.1 Å². The summed E-state index contributed by atoms with van der Waals surface area (Å²) in [7, 11) is -4.40. The Morgan fingerprint density at radius 3 is 2.45 bits per heavy atom. The fourth-order valence-corrected chi connectivity index (χ4v) is 2.29. The van der Waals surface area contributed by atoms with Crippen LogP contribution in [0.1, 0.15) is 8.35 Å². The van der Waals surface area contributed by atoms with Gasteiger partial charge in [-0.15, -0.1) is 0 Å². The quantitative estimate of drug-likeness (QED) is 0.481. The Balaban J connectivity index is 0.00000200. The number of hydrogen-bond donors (Lipinski definition) is 3. The number of carbonyl (C=O) groups is 1. The summed E-state index contributed by atoms with van der Waals surface area (Å²) in [4.78, 5) is 10.5. The van der Waals surface area contributed by atoms with Crippen molar-refractivity contribution >= 4 is 32.5 Å². The first kappa shape index (κ1) is 16.9. The Bertz CT molecular complexity index is 779. The van der Waals surface area contributed by atoms with Crippen LogP contribution < -0.4 is 34.9 Å². The van der Waals surface area contributed by atoms with Gasteiger partial charge < -0.3 is 11.8 Å². The molecule has 0 aliphatic carbocycles. The first-order valence-electron chi connectivity index (χ1n) is 5.29. The van der Waals surface area contributed by atoms with E-state index in [0.29, 0.717) is 16.5 Å². The molecule has 0 aliphatic heterocycles. The number of phenolic OH excluding ortho intramolecular Hbond substituents is 1. The van der Waals surface area contributed by atoms with Crippen molar-refractivity contribution in [3.8, 4) is 5.75 Å². The Labute approximate surface area is 139 Å². The maximum absolute atomic E-state index is 11.1. The van der Waals surface area contributed by atoms with Gasteiger partial charge in [-0.1, -0.05) is 0 Å². The van der Waals surface area contributed by atoms with Crippen LogP contribution in [0.4, 0.5) is 5.69 Å². The van der Waals surface area contributed by atoms with E-state index >= 15 is 0 Å². The van der Waals surface area contributed by atoms with Gasteiger partial charge in [-0.25, -0.2) is 0 Å². The second kappa shape index (κ2) is 6.11. The van der Waals surface area contributed by atoms with E-state index in [1.165, 1.54) is 19.1 Å². The number of amides is 1. The van der Waals surface area contributed by atoms with Crippen LogP contribution in [-0.2, 0) is 14.9 Å². The van der Waals surface area contributed by atoms with Gasteiger partial charge in [-0.3, -0.25) is 9.35 Å². The maximum Gasteiger partial charge on any atom is 1.00 e. The molecule has 0 heterocycles. The Hall–Kier alpha value is -1.12. The summed E-state index contributed by atoms with van der Waals surface area (Å²) in [6.07, 6.45) is 0. The normalized spacial score (nSPS) is 10.9. The zero-order chi connectivity index (χ0) is 14.2. The molecule has 1 amide bonds. The monoisotopic (exact) mass is 305 g/mol. The molecule has 6 nitrogen and oxygen atoms in total. The van der Waals surface area contributed by atoms with E-state index in [1.807, 2.05) is 0 Å². The van der Waals surface area contributed by atoms with Crippen molar-refractivity contribution < 1.29 is 53.9 Å². The molecule has 0 unspecified atom stereocenters. The molecule has 2 rings (SSSR count). The van der Waals surface area contributed by atoms with Crippen LogP contribution >= 0.6 is 0 Å². The summed E-state index contributed by atoms with van der Waals surface area (Å²) < 4.78 is 31.1. The fraction of sp³-hybridized carbons (Fsp3) is 0.0833. The van der Waals surface area contributed by atoms with Crippen LogP contribution in [0.25, 0.3) is 10.8 Å². The van der Waals surface area contributed by atoms with Crippen LogP contribution in [0.2, 0.25) is 0 Å². The molecule has 0 saturated carbocycles. The molecule has 0 saturated heterocycles. The number of rotatable bonds is 2. The third-order valence-corrected chi connectivity index (χ3v) is 3.35. The van der Waals surface area contributed by atoms with E-state index in [1.54, 1.807) is 12.1 Å². The van der Waals surface area contributed by atoms with E-state index in [0.717, 1.165) is 6.07 Å². The first-order chi connectivity index (χ1) is 8.77. The average molecular weight is 305 g/mol. The summed E-state index contributed by atoms with van der Waals surface area (Å²) in [5, 5.41) is 13.1. The van der Waals surface area contributed by atoms with Crippen molar-refractivity contribution in [1.29, 1.82) is 0 Å². The van der Waals surface area contributed by atoms with Crippen LogP contribution in [0, 0.1) is 0 Å². The molecular weight excluding hydrogens is 293 g/mol. The second-order valence-corrected chi connectivity index (χ2v) is 5.46. The zero-order valence-electron chi connectivity index (χ0n) is 11.9. The topological polar surface area (TPSA) is 104 Å². The third kappa shape index (κ3) is 3.71. The number of aromatic hydroxyl groups is 1. The smallest absolute Gasteiger partial charge is 1.00 e. The third-order valence-electron chi connectivity index (χ3n) is 2.52. The van der Waals surface area contributed by atoms with Crippen molar-refractivity contribution in [1.82, 2.24) is 0 Å². The van der Waals surface area contributed by atoms with Gasteiger partial charge in [-0.2, -0.15) is 8.42 Å². The minimum absolute atomic E-state index is 0. The van der Waals surface area contributed by atoms with E-state index in [2.05, 4.69) is 5.32 Å². The fourth-order valence-electron chi connectivity index (χ4n) is 1.75. The van der Waals surface area contributed by atoms with Crippen LogP contribution in [0.3, 0.4) is 0 Å². The van der Waals surface area contributed by atoms with Crippen molar-refractivity contribution in [3.05, 3.63) is 30.3 Å². The second-order valence-electron chi connectivity index (χ2n) is 4.03. The average Bonchev–Trinajstić information content (AvgIpc) is 2.26. The molecule has 3 N–H and O–H groups in total. The van der Waals surface area contributed by atoms with Gasteiger partial charge in [0.2, 0.25) is 5.91 Å². The van der Waals surface area contributed by atoms with E-state index in [-0.39, 0.29) is 42.6 Å². The Morgan fingerprint density at radius 2 is 1.90 bits per heavy atom. The van der Waals surface area contributed by atoms with E-state index in [4.69, 9.17) is 4.55 Å². The number of fused-ring (bicyclic) bond motifs is 1. The van der Waals surface area contributed by atoms with Crippen molar-refractivity contribution in [2.45, 2.75) is 11.8 Å². The molecule has 0 spiro atoms. The van der Waals surface area contributed by atoms with Crippen LogP contribution in [-0.4, -0.2) is 24.0 Å². The summed E-state index contributed by atoms with van der Waals surface area (Å²) in [5.74, 6) is -0.533. The molecule has 20 heavy (non-hydrogen) atoms. The molecule has 102 valence electrons. The van der Waals surface area contributed by atoms with Gasteiger partial charge in [0.05, 0.1) is 4.90 Å². The van der Waals surface area contributed by atoms with Gasteiger partial charge in [0.1, 0.15) is 5.75 Å². The minimum atomic E-state index is -4.40. The standard InChI is InChI=1S/C12H11NO5S.Na.H/c1-7(14)13-9-2-3-11-8(4-9)5-10(6-12(11)15)19(16,17)18;;/h2-6,15H,1H3,(H,13,14)(H,16,17,18);;/q;+1;-1. The first-order valence-corrected chi connectivity index (χ1v) is 6.73. The molecule has 8 heteroatoms. The molecule has 0 fully saturated rings. The predicted octanol–water partition coefficient (Wildman–Crippen LogP) is -1.13. The van der Waals surface area contributed by atoms with Crippen molar-refractivity contribution in [2.75, 3.05) is 5.32 Å². The zero-order valence-corrected chi connectivity index (χ0v) is 13.7. The Morgan fingerprint density at radius 1 is 1.25 bits per heavy atom. The number of nitrogens with one attached hydrogen (secondary N) is 1. The van der Waals surface area contributed by atoms with Crippen LogP contribution in [0.5, 0.6) is 5.75 Å². The SMILES string of the molecule is CC(=O)Nc1ccc2c(O)cc(S(=O)(=O)O)cc2c1.[H-].[Na+]. The van der Waals surface area contributed by atoms with Gasteiger partial charge >= 0.3 is 29.6 Å².